The van der Waals surface area contributed by atoms with E-state index in [9.17, 15) is 9.59 Å². The molecular weight excluding hydrogens is 478 g/mol. The number of pyridine rings is 1. The van der Waals surface area contributed by atoms with E-state index < -0.39 is 22.5 Å². The number of hydrogen-bond acceptors (Lipinski definition) is 8. The highest BCUT2D eigenvalue weighted by molar-refractivity contribution is 8.29. The Balaban J connectivity index is 1.57. The van der Waals surface area contributed by atoms with Crippen molar-refractivity contribution < 1.29 is 23.1 Å². The van der Waals surface area contributed by atoms with Crippen LogP contribution in [0.2, 0.25) is 5.02 Å². The third-order valence-electron chi connectivity index (χ3n) is 6.33. The summed E-state index contributed by atoms with van der Waals surface area (Å²) in [7, 11) is -2.65. The molecular formula is C24H26ClN3O5S. The Hall–Kier alpha value is -2.59. The summed E-state index contributed by atoms with van der Waals surface area (Å²) in [5.74, 6) is -1.27. The van der Waals surface area contributed by atoms with E-state index in [1.165, 1.54) is 0 Å². The number of piperazine rings is 1. The van der Waals surface area contributed by atoms with Crippen LogP contribution in [0.3, 0.4) is 0 Å². The van der Waals surface area contributed by atoms with Crippen LogP contribution in [0.1, 0.15) is 24.5 Å². The topological polar surface area (TPSA) is 92.2 Å². The smallest absolute Gasteiger partial charge is 0.396 e. The van der Waals surface area contributed by atoms with Crippen LogP contribution in [0.25, 0.3) is 17.3 Å². The van der Waals surface area contributed by atoms with Crippen molar-refractivity contribution >= 4 is 46.0 Å². The van der Waals surface area contributed by atoms with Crippen LogP contribution >= 0.6 is 22.2 Å². The Labute approximate surface area is 204 Å². The maximum atomic E-state index is 12.0. The van der Waals surface area contributed by atoms with Crippen molar-refractivity contribution in [3.63, 3.8) is 0 Å². The van der Waals surface area contributed by atoms with E-state index in [4.69, 9.17) is 30.1 Å². The average molecular weight is 504 g/mol. The number of aryl methyl sites for hydroxylation is 1. The van der Waals surface area contributed by atoms with Gasteiger partial charge in [0.05, 0.1) is 11.1 Å². The third-order valence-corrected chi connectivity index (χ3v) is 8.96. The number of likely N-dealkylation sites (N-methyl/N-ethyl adjacent to an activating group) is 1. The van der Waals surface area contributed by atoms with Crippen LogP contribution in [-0.2, 0) is 24.4 Å². The van der Waals surface area contributed by atoms with Crippen LogP contribution in [0.4, 0.5) is 5.82 Å². The number of carbonyl (C=O) groups excluding carboxylic acids is 2. The molecule has 0 aliphatic carbocycles. The number of halogens is 1. The maximum Gasteiger partial charge on any atom is 0.441 e. The normalized spacial score (nSPS) is 19.9. The van der Waals surface area contributed by atoms with Gasteiger partial charge in [0.1, 0.15) is 4.90 Å². The first kappa shape index (κ1) is 23.2. The minimum absolute atomic E-state index is 0.116. The minimum atomic E-state index is -2.65. The van der Waals surface area contributed by atoms with Gasteiger partial charge in [0.2, 0.25) is 0 Å². The van der Waals surface area contributed by atoms with Gasteiger partial charge in [-0.15, -0.1) is 0 Å². The molecule has 0 saturated carbocycles. The van der Waals surface area contributed by atoms with Crippen molar-refractivity contribution in [1.29, 1.82) is 0 Å². The van der Waals surface area contributed by atoms with Gasteiger partial charge in [-0.25, -0.2) is 14.6 Å². The molecule has 8 nitrogen and oxygen atoms in total. The van der Waals surface area contributed by atoms with E-state index in [0.29, 0.717) is 28.6 Å². The Morgan fingerprint density at radius 3 is 2.50 bits per heavy atom. The summed E-state index contributed by atoms with van der Waals surface area (Å²) in [6, 6.07) is 7.74. The molecule has 4 heterocycles. The van der Waals surface area contributed by atoms with Gasteiger partial charge in [0, 0.05) is 48.9 Å². The second-order valence-corrected chi connectivity index (χ2v) is 10.9. The molecule has 0 unspecified atom stereocenters. The Bertz CT molecular complexity index is 1160. The van der Waals surface area contributed by atoms with Crippen LogP contribution in [0.15, 0.2) is 34.6 Å². The van der Waals surface area contributed by atoms with Crippen molar-refractivity contribution in [1.82, 2.24) is 9.88 Å². The molecule has 3 aliphatic rings. The number of aliphatic hydroxyl groups is 1. The van der Waals surface area contributed by atoms with Crippen molar-refractivity contribution in [2.45, 2.75) is 24.7 Å². The molecule has 2 saturated heterocycles. The lowest BCUT2D eigenvalue weighted by molar-refractivity contribution is -0.150. The molecule has 1 aromatic heterocycles. The van der Waals surface area contributed by atoms with Crippen molar-refractivity contribution in [3.8, 4) is 11.3 Å². The highest BCUT2D eigenvalue weighted by Gasteiger charge is 2.47. The third kappa shape index (κ3) is 4.07. The van der Waals surface area contributed by atoms with Crippen LogP contribution in [-0.4, -0.2) is 66.3 Å². The molecule has 180 valence electrons. The number of carbonyl (C=O) groups is 2. The van der Waals surface area contributed by atoms with Gasteiger partial charge >= 0.3 is 11.9 Å². The van der Waals surface area contributed by atoms with Crippen LogP contribution in [0.5, 0.6) is 0 Å². The molecule has 5 rings (SSSR count). The minimum Gasteiger partial charge on any atom is -0.396 e. The van der Waals surface area contributed by atoms with Gasteiger partial charge in [-0.3, -0.25) is 0 Å². The fourth-order valence-corrected chi connectivity index (χ4v) is 6.97. The molecule has 10 heteroatoms. The fourth-order valence-electron chi connectivity index (χ4n) is 4.45. The van der Waals surface area contributed by atoms with E-state index in [0.717, 1.165) is 55.1 Å². The quantitative estimate of drug-likeness (QED) is 0.598. The number of fused-ring (bicyclic) bond motifs is 2. The molecule has 1 N–H and O–H groups in total. The van der Waals surface area contributed by atoms with Crippen LogP contribution in [0, 0.1) is 0 Å². The van der Waals surface area contributed by atoms with Gasteiger partial charge in [-0.05, 0) is 43.2 Å². The summed E-state index contributed by atoms with van der Waals surface area (Å²) in [6.07, 6.45) is 3.19. The SMILES string of the molecule is CCN1CCN(c2nc(-c3ccc(CCCO)c(Cl)c3)cc3c2S2(C=C3)OC(=O)C(=O)O2)CC1. The summed E-state index contributed by atoms with van der Waals surface area (Å²) in [5, 5.41) is 11.4. The van der Waals surface area contributed by atoms with Crippen molar-refractivity contribution in [2.24, 2.45) is 0 Å². The van der Waals surface area contributed by atoms with Gasteiger partial charge in [-0.1, -0.05) is 41.2 Å². The Morgan fingerprint density at radius 1 is 1.12 bits per heavy atom. The van der Waals surface area contributed by atoms with E-state index in [1.54, 1.807) is 5.41 Å². The van der Waals surface area contributed by atoms with E-state index >= 15 is 0 Å². The first-order valence-corrected chi connectivity index (χ1v) is 13.3. The number of anilines is 1. The fraction of sp³-hybridized carbons (Fsp3) is 0.375. The number of rotatable bonds is 6. The lowest BCUT2D eigenvalue weighted by Gasteiger charge is -2.38. The molecule has 2 aromatic rings. The molecule has 0 radical (unpaired) electrons. The maximum absolute atomic E-state index is 12.0. The summed E-state index contributed by atoms with van der Waals surface area (Å²) < 4.78 is 11.0. The van der Waals surface area contributed by atoms with E-state index in [-0.39, 0.29) is 6.61 Å². The number of aromatic nitrogens is 1. The number of hydrogen-bond donors (Lipinski definition) is 1. The predicted octanol–water partition coefficient (Wildman–Crippen LogP) is 3.55. The second kappa shape index (κ2) is 9.22. The zero-order valence-electron chi connectivity index (χ0n) is 18.8. The lowest BCUT2D eigenvalue weighted by atomic mass is 10.0. The highest BCUT2D eigenvalue weighted by Crippen LogP contribution is 2.69. The highest BCUT2D eigenvalue weighted by atomic mass is 35.5. The van der Waals surface area contributed by atoms with Gasteiger partial charge in [-0.2, -0.15) is 0 Å². The number of aliphatic hydroxyl groups excluding tert-OH is 1. The molecule has 3 aliphatic heterocycles. The van der Waals surface area contributed by atoms with E-state index in [2.05, 4.69) is 16.7 Å². The predicted molar refractivity (Wildman–Crippen MR) is 131 cm³/mol. The molecule has 0 bridgehead atoms. The van der Waals surface area contributed by atoms with Gasteiger partial charge in [0.15, 0.2) is 5.82 Å². The average Bonchev–Trinajstić information content (AvgIpc) is 3.35. The lowest BCUT2D eigenvalue weighted by Crippen LogP contribution is -2.46. The molecule has 34 heavy (non-hydrogen) atoms. The van der Waals surface area contributed by atoms with Gasteiger partial charge in [0.25, 0.3) is 0 Å². The van der Waals surface area contributed by atoms with Crippen LogP contribution < -0.4 is 4.90 Å². The first-order valence-electron chi connectivity index (χ1n) is 11.3. The van der Waals surface area contributed by atoms with Crippen molar-refractivity contribution in [2.75, 3.05) is 44.2 Å². The zero-order chi connectivity index (χ0) is 23.9. The van der Waals surface area contributed by atoms with Crippen molar-refractivity contribution in [3.05, 3.63) is 45.8 Å². The molecule has 0 amide bonds. The summed E-state index contributed by atoms with van der Waals surface area (Å²) in [4.78, 5) is 34.1. The molecule has 0 atom stereocenters. The zero-order valence-corrected chi connectivity index (χ0v) is 20.4. The Kier molecular flexibility index (Phi) is 6.28. The number of benzene rings is 1. The summed E-state index contributed by atoms with van der Waals surface area (Å²) >= 11 is 6.53. The van der Waals surface area contributed by atoms with E-state index in [1.807, 2.05) is 30.3 Å². The number of nitrogens with zero attached hydrogens (tertiary/aromatic N) is 3. The summed E-state index contributed by atoms with van der Waals surface area (Å²) in [5.41, 5.74) is 3.39. The largest absolute Gasteiger partial charge is 0.441 e. The van der Waals surface area contributed by atoms with Gasteiger partial charge < -0.3 is 23.3 Å². The Morgan fingerprint density at radius 2 is 1.85 bits per heavy atom. The summed E-state index contributed by atoms with van der Waals surface area (Å²) in [6.45, 7) is 6.53. The first-order chi connectivity index (χ1) is 16.4. The second-order valence-electron chi connectivity index (χ2n) is 8.39. The standard InChI is InChI=1S/C24H26ClN3O5S/c1-2-27-8-10-28(11-9-27)22-21-18(7-13-34(21)32-23(30)24(31)33-34)15-20(26-22)17-6-5-16(4-3-12-29)19(25)14-17/h5-7,13-15,29H,2-4,8-12H2,1H3. The monoisotopic (exact) mass is 503 g/mol. The molecule has 1 spiro atoms. The molecule has 2 fully saturated rings. The molecule has 1 aromatic carbocycles.